The normalized spacial score (nSPS) is 12.7. The molecule has 12 nitrogen and oxygen atoms in total. The summed E-state index contributed by atoms with van der Waals surface area (Å²) in [6.45, 7) is 15.0. The minimum Gasteiger partial charge on any atom is -0.481 e. The monoisotopic (exact) mass is 676 g/mol. The molecule has 12 heteroatoms. The number of carbonyl (C=O) groups is 4. The van der Waals surface area contributed by atoms with Crippen molar-refractivity contribution in [3.63, 3.8) is 0 Å². The van der Waals surface area contributed by atoms with Crippen LogP contribution >= 0.6 is 0 Å². The largest absolute Gasteiger partial charge is 0.481 e. The number of aromatic nitrogens is 4. The number of ketones is 1. The first kappa shape index (κ1) is 35.4. The van der Waals surface area contributed by atoms with E-state index < -0.39 is 23.6 Å². The van der Waals surface area contributed by atoms with Gasteiger partial charge in [-0.05, 0) is 92.1 Å². The van der Waals surface area contributed by atoms with Crippen LogP contribution in [0, 0.1) is 13.8 Å². The van der Waals surface area contributed by atoms with Crippen molar-refractivity contribution in [2.24, 2.45) is 5.73 Å². The average molecular weight is 677 g/mol. The van der Waals surface area contributed by atoms with Crippen molar-refractivity contribution in [3.05, 3.63) is 88.0 Å². The van der Waals surface area contributed by atoms with E-state index in [0.717, 1.165) is 27.8 Å². The second kappa shape index (κ2) is 14.3. The van der Waals surface area contributed by atoms with E-state index in [4.69, 9.17) is 15.7 Å². The van der Waals surface area contributed by atoms with E-state index in [1.54, 1.807) is 12.2 Å². The Morgan fingerprint density at radius 2 is 1.46 bits per heavy atom. The lowest BCUT2D eigenvalue weighted by atomic mass is 9.98. The van der Waals surface area contributed by atoms with Crippen LogP contribution in [0.3, 0.4) is 0 Å². The molecule has 3 aromatic rings. The summed E-state index contributed by atoms with van der Waals surface area (Å²) in [5, 5.41) is 21.7. The summed E-state index contributed by atoms with van der Waals surface area (Å²) >= 11 is 0. The number of hydrogen-bond donors (Lipinski definition) is 6. The number of carboxylic acid groups (broad SMARTS) is 2. The summed E-state index contributed by atoms with van der Waals surface area (Å²) in [7, 11) is 0. The predicted octanol–water partition coefficient (Wildman–Crippen LogP) is 5.76. The molecule has 0 fully saturated rings. The molecule has 50 heavy (non-hydrogen) atoms. The molecule has 0 aromatic carbocycles. The Kier molecular flexibility index (Phi) is 10.1. The van der Waals surface area contributed by atoms with Crippen LogP contribution in [0.15, 0.2) is 37.4 Å². The van der Waals surface area contributed by atoms with E-state index in [0.29, 0.717) is 61.6 Å². The molecule has 5 heterocycles. The molecular weight excluding hydrogens is 636 g/mol. The number of aromatic amines is 2. The molecule has 2 aliphatic rings. The van der Waals surface area contributed by atoms with Crippen LogP contribution in [0.4, 0.5) is 0 Å². The van der Waals surface area contributed by atoms with Crippen molar-refractivity contribution >= 4 is 74.1 Å². The first-order chi connectivity index (χ1) is 23.8. The van der Waals surface area contributed by atoms with Crippen LogP contribution in [0.2, 0.25) is 0 Å². The van der Waals surface area contributed by atoms with Gasteiger partial charge in [0, 0.05) is 40.5 Å². The van der Waals surface area contributed by atoms with Crippen LogP contribution in [0.1, 0.15) is 88.5 Å². The van der Waals surface area contributed by atoms with Crippen molar-refractivity contribution in [1.29, 1.82) is 0 Å². The van der Waals surface area contributed by atoms with E-state index in [2.05, 4.69) is 28.4 Å². The minimum absolute atomic E-state index is 0.103. The van der Waals surface area contributed by atoms with Crippen LogP contribution in [0.5, 0.6) is 0 Å². The number of rotatable bonds is 12. The zero-order valence-corrected chi connectivity index (χ0v) is 28.5. The zero-order valence-electron chi connectivity index (χ0n) is 28.5. The maximum atomic E-state index is 14.1. The van der Waals surface area contributed by atoms with Crippen molar-refractivity contribution in [3.8, 4) is 0 Å². The number of nitrogens with zero attached hydrogens (tertiary/aromatic N) is 2. The number of nitrogens with two attached hydrogens (primary N) is 1. The first-order valence-corrected chi connectivity index (χ1v) is 16.2. The number of aliphatic carboxylic acids is 2. The maximum Gasteiger partial charge on any atom is 0.303 e. The fourth-order valence-corrected chi connectivity index (χ4v) is 6.50. The highest BCUT2D eigenvalue weighted by Crippen LogP contribution is 2.38. The van der Waals surface area contributed by atoms with Gasteiger partial charge in [0.15, 0.2) is 5.78 Å². The van der Waals surface area contributed by atoms with Gasteiger partial charge in [0.2, 0.25) is 5.91 Å². The molecule has 0 unspecified atom stereocenters. The number of amides is 1. The molecule has 0 aliphatic carbocycles. The Balaban J connectivity index is 1.99. The first-order valence-electron chi connectivity index (χ1n) is 16.2. The van der Waals surface area contributed by atoms with Crippen LogP contribution in [-0.2, 0) is 20.8 Å². The fraction of sp³-hybridized carbons (Fsp3) is 0.263. The van der Waals surface area contributed by atoms with Gasteiger partial charge in [-0.3, -0.25) is 19.2 Å². The van der Waals surface area contributed by atoms with E-state index >= 15 is 0 Å². The van der Waals surface area contributed by atoms with Gasteiger partial charge in [0.25, 0.3) is 0 Å². The van der Waals surface area contributed by atoms with Gasteiger partial charge in [0.05, 0.1) is 46.9 Å². The van der Waals surface area contributed by atoms with Crippen LogP contribution in [-0.4, -0.2) is 66.9 Å². The lowest BCUT2D eigenvalue weighted by Crippen LogP contribution is -2.34. The molecule has 2 aliphatic heterocycles. The highest BCUT2D eigenvalue weighted by Gasteiger charge is 2.26. The number of fused-ring (bicyclic) bond motifs is 8. The summed E-state index contributed by atoms with van der Waals surface area (Å²) in [5.74, 6) is -2.78. The summed E-state index contributed by atoms with van der Waals surface area (Å²) in [4.78, 5) is 66.3. The molecule has 0 radical (unpaired) electrons. The number of nitrogens with one attached hydrogen (secondary N) is 3. The lowest BCUT2D eigenvalue weighted by molar-refractivity contribution is -0.137. The summed E-state index contributed by atoms with van der Waals surface area (Å²) < 4.78 is 0. The van der Waals surface area contributed by atoms with Crippen molar-refractivity contribution in [2.45, 2.75) is 53.4 Å². The van der Waals surface area contributed by atoms with E-state index in [-0.39, 0.29) is 44.3 Å². The number of carboxylic acids is 2. The highest BCUT2D eigenvalue weighted by atomic mass is 16.4. The number of H-pyrrole nitrogens is 2. The molecule has 8 bridgehead atoms. The third kappa shape index (κ3) is 6.70. The molecule has 0 saturated carbocycles. The second-order valence-corrected chi connectivity index (χ2v) is 12.3. The smallest absolute Gasteiger partial charge is 0.303 e. The number of allylic oxidation sites excluding steroid dienone is 5. The average Bonchev–Trinajstić information content (AvgIpc) is 3.74. The number of Topliss-reactive ketones (excluding diaryl/α,β-unsaturated/α-hetero) is 1. The second-order valence-electron chi connectivity index (χ2n) is 12.3. The molecule has 3 aromatic heterocycles. The Morgan fingerprint density at radius 3 is 2.10 bits per heavy atom. The van der Waals surface area contributed by atoms with Crippen molar-refractivity contribution < 1.29 is 29.4 Å². The highest BCUT2D eigenvalue weighted by molar-refractivity contribution is 6.12. The fourth-order valence-electron chi connectivity index (χ4n) is 6.50. The summed E-state index contributed by atoms with van der Waals surface area (Å²) in [6, 6.07) is 5.53. The molecular formula is C38H40N6O6. The third-order valence-electron chi connectivity index (χ3n) is 9.27. The van der Waals surface area contributed by atoms with E-state index in [9.17, 15) is 29.4 Å². The van der Waals surface area contributed by atoms with Gasteiger partial charge in [-0.15, -0.1) is 0 Å². The summed E-state index contributed by atoms with van der Waals surface area (Å²) in [5.41, 5.74) is 16.2. The molecule has 5 rings (SSSR count). The van der Waals surface area contributed by atoms with Gasteiger partial charge >= 0.3 is 11.9 Å². The van der Waals surface area contributed by atoms with Gasteiger partial charge in [0.1, 0.15) is 0 Å². The molecule has 1 amide bonds. The minimum atomic E-state index is -0.944. The Bertz CT molecular complexity index is 2230. The standard InChI is InChI=1S/C38H40N6O6/c1-7-22-21(6)37-36(32(45)17-40-33(46)16-39)38-23(8-2)18(3)28(43-38)13-26-19(4)24(9-11-34(47)48)30(41-26)15-31-25(10-12-35(49)50)20(5)27(42-31)14-29(22)44-37/h7-8,13-15,42-43H,1-2,9-12,16-17,39H2,3-6H3,(H,40,46)(H,47,48)(H,49,50). The van der Waals surface area contributed by atoms with Crippen LogP contribution in [0.25, 0.3) is 50.4 Å². The molecule has 7 N–H and O–H groups in total. The van der Waals surface area contributed by atoms with Gasteiger partial charge < -0.3 is 31.2 Å². The van der Waals surface area contributed by atoms with Crippen molar-refractivity contribution in [1.82, 2.24) is 25.3 Å². The Hall–Kier alpha value is -5.88. The topological polar surface area (TPSA) is 204 Å². The molecule has 0 saturated heterocycles. The predicted molar refractivity (Wildman–Crippen MR) is 195 cm³/mol. The third-order valence-corrected chi connectivity index (χ3v) is 9.27. The Labute approximate surface area is 288 Å². The molecule has 0 spiro atoms. The summed E-state index contributed by atoms with van der Waals surface area (Å²) in [6.07, 6.45) is 3.58. The number of aryl methyl sites for hydroxylation is 3. The molecule has 258 valence electrons. The number of carbonyl (C=O) groups excluding carboxylic acids is 2. The maximum absolute atomic E-state index is 14.1. The Morgan fingerprint density at radius 1 is 0.820 bits per heavy atom. The van der Waals surface area contributed by atoms with Crippen LogP contribution < -0.4 is 11.1 Å². The zero-order chi connectivity index (χ0) is 36.4. The number of hydrogen-bond acceptors (Lipinski definition) is 7. The SMILES string of the molecule is C=CC1=C(C)c2nc1cc1[nH]c(cc3nc(cc4[nH]c(c(C=C)c4C)c2C(=O)CNC(=O)CN)C(C)=C3CCC(=O)O)c(CCC(=O)O)c1C. The van der Waals surface area contributed by atoms with E-state index in [1.807, 2.05) is 45.9 Å². The van der Waals surface area contributed by atoms with Gasteiger partial charge in [-0.25, -0.2) is 9.97 Å². The van der Waals surface area contributed by atoms with Gasteiger partial charge in [-0.2, -0.15) is 0 Å². The van der Waals surface area contributed by atoms with Gasteiger partial charge in [-0.1, -0.05) is 25.3 Å². The van der Waals surface area contributed by atoms with Crippen molar-refractivity contribution in [2.75, 3.05) is 13.1 Å². The lowest BCUT2D eigenvalue weighted by Gasteiger charge is -2.08. The molecule has 0 atom stereocenters. The quantitative estimate of drug-likeness (QED) is 0.129. The van der Waals surface area contributed by atoms with E-state index in [1.165, 1.54) is 0 Å².